The van der Waals surface area contributed by atoms with Crippen molar-refractivity contribution in [2.45, 2.75) is 37.8 Å². The maximum atomic E-state index is 13.8. The molecule has 1 unspecified atom stereocenters. The molecule has 9 heteroatoms. The van der Waals surface area contributed by atoms with Crippen molar-refractivity contribution in [3.8, 4) is 5.69 Å². The number of halogens is 1. The van der Waals surface area contributed by atoms with Crippen LogP contribution >= 0.6 is 0 Å². The first-order valence-electron chi connectivity index (χ1n) is 9.38. The molecule has 2 N–H and O–H groups in total. The molecule has 1 heterocycles. The number of rotatable bonds is 7. The summed E-state index contributed by atoms with van der Waals surface area (Å²) in [5.41, 5.74) is 2.55. The number of para-hydroxylation sites is 1. The maximum Gasteiger partial charge on any atom is 0.244 e. The van der Waals surface area contributed by atoms with Gasteiger partial charge in [-0.15, -0.1) is 0 Å². The molecule has 0 aliphatic carbocycles. The molecule has 0 fully saturated rings. The van der Waals surface area contributed by atoms with Crippen LogP contribution in [0.4, 0.5) is 4.39 Å². The number of benzene rings is 2. The van der Waals surface area contributed by atoms with Gasteiger partial charge in [0, 0.05) is 11.3 Å². The molecule has 158 valence electrons. The Morgan fingerprint density at radius 2 is 1.70 bits per heavy atom. The van der Waals surface area contributed by atoms with Gasteiger partial charge >= 0.3 is 0 Å². The minimum atomic E-state index is -4.18. The first-order chi connectivity index (χ1) is 14.2. The highest BCUT2D eigenvalue weighted by Gasteiger charge is 2.26. The van der Waals surface area contributed by atoms with Crippen molar-refractivity contribution in [2.75, 3.05) is 0 Å². The van der Waals surface area contributed by atoms with E-state index in [9.17, 15) is 17.6 Å². The largest absolute Gasteiger partial charge is 0.348 e. The average molecular weight is 431 g/mol. The second kappa shape index (κ2) is 8.76. The number of carbonyl (C=O) groups is 1. The van der Waals surface area contributed by atoms with Crippen molar-refractivity contribution < 1.29 is 17.6 Å². The Kier molecular flexibility index (Phi) is 6.33. The van der Waals surface area contributed by atoms with Crippen LogP contribution in [0.1, 0.15) is 31.1 Å². The van der Waals surface area contributed by atoms with Crippen LogP contribution in [-0.4, -0.2) is 30.1 Å². The van der Waals surface area contributed by atoms with Gasteiger partial charge in [-0.2, -0.15) is 9.82 Å². The van der Waals surface area contributed by atoms with Crippen LogP contribution < -0.4 is 10.0 Å². The Hall–Kier alpha value is -3.04. The molecule has 0 bridgehead atoms. The molecule has 0 spiro atoms. The molecule has 3 rings (SSSR count). The van der Waals surface area contributed by atoms with Crippen LogP contribution in [-0.2, 0) is 14.8 Å². The van der Waals surface area contributed by atoms with E-state index in [4.69, 9.17) is 0 Å². The number of sulfonamides is 1. The van der Waals surface area contributed by atoms with E-state index in [2.05, 4.69) is 15.1 Å². The first kappa shape index (κ1) is 21.7. The standard InChI is InChI=1S/C21H23FN4O3S/c1-14(18-13-23-26(16(18)3)17-9-5-4-6-10-17)24-21(27)15(2)25-30(28,29)20-12-8-7-11-19(20)22/h4-15,25H,1-3H3,(H,24,27)/t14?,15-/m0/s1. The van der Waals surface area contributed by atoms with E-state index in [-0.39, 0.29) is 0 Å². The van der Waals surface area contributed by atoms with Crippen LogP contribution in [0.15, 0.2) is 65.7 Å². The Morgan fingerprint density at radius 1 is 1.07 bits per heavy atom. The van der Waals surface area contributed by atoms with Gasteiger partial charge in [0.05, 0.1) is 24.0 Å². The third kappa shape index (κ3) is 4.58. The first-order valence-corrected chi connectivity index (χ1v) is 10.9. The molecular weight excluding hydrogens is 407 g/mol. The highest BCUT2D eigenvalue weighted by molar-refractivity contribution is 7.89. The third-order valence-corrected chi connectivity index (χ3v) is 6.30. The quantitative estimate of drug-likeness (QED) is 0.603. The van der Waals surface area contributed by atoms with Gasteiger partial charge < -0.3 is 5.32 Å². The summed E-state index contributed by atoms with van der Waals surface area (Å²) in [4.78, 5) is 12.0. The summed E-state index contributed by atoms with van der Waals surface area (Å²) in [6, 6.07) is 13.1. The number of carbonyl (C=O) groups excluding carboxylic acids is 1. The van der Waals surface area contributed by atoms with Crippen LogP contribution in [0, 0.1) is 12.7 Å². The molecule has 3 aromatic rings. The van der Waals surface area contributed by atoms with Gasteiger partial charge in [-0.1, -0.05) is 30.3 Å². The summed E-state index contributed by atoms with van der Waals surface area (Å²) in [6.07, 6.45) is 1.67. The van der Waals surface area contributed by atoms with Gasteiger partial charge in [-0.25, -0.2) is 17.5 Å². The summed E-state index contributed by atoms with van der Waals surface area (Å²) < 4.78 is 42.6. The topological polar surface area (TPSA) is 93.1 Å². The Labute approximate surface area is 175 Å². The Balaban J connectivity index is 1.70. The normalized spacial score (nSPS) is 13.6. The number of hydrogen-bond donors (Lipinski definition) is 2. The fourth-order valence-corrected chi connectivity index (χ4v) is 4.39. The monoisotopic (exact) mass is 430 g/mol. The highest BCUT2D eigenvalue weighted by atomic mass is 32.2. The van der Waals surface area contributed by atoms with Crippen LogP contribution in [0.5, 0.6) is 0 Å². The summed E-state index contributed by atoms with van der Waals surface area (Å²) in [5.74, 6) is -1.41. The smallest absolute Gasteiger partial charge is 0.244 e. The van der Waals surface area contributed by atoms with Gasteiger partial charge in [0.1, 0.15) is 10.7 Å². The zero-order valence-corrected chi connectivity index (χ0v) is 17.7. The molecule has 0 saturated heterocycles. The van der Waals surface area contributed by atoms with E-state index in [1.165, 1.54) is 19.1 Å². The van der Waals surface area contributed by atoms with Gasteiger partial charge in [-0.05, 0) is 45.0 Å². The van der Waals surface area contributed by atoms with E-state index in [0.29, 0.717) is 0 Å². The molecule has 0 aliphatic heterocycles. The molecule has 0 saturated carbocycles. The lowest BCUT2D eigenvalue weighted by Crippen LogP contribution is -2.45. The Morgan fingerprint density at radius 3 is 2.37 bits per heavy atom. The minimum Gasteiger partial charge on any atom is -0.348 e. The van der Waals surface area contributed by atoms with E-state index in [0.717, 1.165) is 29.1 Å². The second-order valence-corrected chi connectivity index (χ2v) is 8.62. The number of aromatic nitrogens is 2. The molecule has 1 amide bonds. The summed E-state index contributed by atoms with van der Waals surface area (Å²) in [6.45, 7) is 5.08. The lowest BCUT2D eigenvalue weighted by atomic mass is 10.1. The van der Waals surface area contributed by atoms with Crippen molar-refractivity contribution in [3.63, 3.8) is 0 Å². The minimum absolute atomic E-state index is 0.407. The van der Waals surface area contributed by atoms with Gasteiger partial charge in [0.2, 0.25) is 15.9 Å². The van der Waals surface area contributed by atoms with Crippen molar-refractivity contribution in [1.82, 2.24) is 19.8 Å². The zero-order valence-electron chi connectivity index (χ0n) is 16.8. The number of hydrogen-bond acceptors (Lipinski definition) is 4. The summed E-state index contributed by atoms with van der Waals surface area (Å²) in [5, 5.41) is 7.16. The fourth-order valence-electron chi connectivity index (χ4n) is 3.11. The molecule has 7 nitrogen and oxygen atoms in total. The molecule has 2 atom stereocenters. The Bertz CT molecular complexity index is 1150. The second-order valence-electron chi connectivity index (χ2n) is 6.94. The third-order valence-electron chi connectivity index (χ3n) is 4.73. The van der Waals surface area contributed by atoms with Crippen molar-refractivity contribution in [3.05, 3.63) is 77.9 Å². The predicted molar refractivity (Wildman–Crippen MR) is 111 cm³/mol. The van der Waals surface area contributed by atoms with Crippen LogP contribution in [0.2, 0.25) is 0 Å². The number of amides is 1. The summed E-state index contributed by atoms with van der Waals surface area (Å²) >= 11 is 0. The number of nitrogens with zero attached hydrogens (tertiary/aromatic N) is 2. The van der Waals surface area contributed by atoms with Crippen molar-refractivity contribution in [2.24, 2.45) is 0 Å². The number of nitrogens with one attached hydrogen (secondary N) is 2. The predicted octanol–water partition coefficient (Wildman–Crippen LogP) is 2.86. The average Bonchev–Trinajstić information content (AvgIpc) is 3.10. The molecule has 2 aromatic carbocycles. The molecule has 0 aliphatic rings. The maximum absolute atomic E-state index is 13.8. The zero-order chi connectivity index (χ0) is 21.9. The van der Waals surface area contributed by atoms with Crippen LogP contribution in [0.25, 0.3) is 5.69 Å². The van der Waals surface area contributed by atoms with Gasteiger partial charge in [0.15, 0.2) is 0 Å². The van der Waals surface area contributed by atoms with Crippen molar-refractivity contribution >= 4 is 15.9 Å². The lowest BCUT2D eigenvalue weighted by molar-refractivity contribution is -0.123. The molecule has 0 radical (unpaired) electrons. The fraction of sp³-hybridized carbons (Fsp3) is 0.238. The highest BCUT2D eigenvalue weighted by Crippen LogP contribution is 2.20. The lowest BCUT2D eigenvalue weighted by Gasteiger charge is -2.19. The van der Waals surface area contributed by atoms with Gasteiger partial charge in [0.25, 0.3) is 0 Å². The van der Waals surface area contributed by atoms with E-state index < -0.39 is 38.7 Å². The van der Waals surface area contributed by atoms with E-state index in [1.54, 1.807) is 17.8 Å². The SMILES string of the molecule is Cc1c(C(C)NC(=O)[C@H](C)NS(=O)(=O)c2ccccc2F)cnn1-c1ccccc1. The molecular formula is C21H23FN4O3S. The molecule has 1 aromatic heterocycles. The van der Waals surface area contributed by atoms with Crippen molar-refractivity contribution in [1.29, 1.82) is 0 Å². The summed E-state index contributed by atoms with van der Waals surface area (Å²) in [7, 11) is -4.18. The van der Waals surface area contributed by atoms with Crippen LogP contribution in [0.3, 0.4) is 0 Å². The van der Waals surface area contributed by atoms with Gasteiger partial charge in [-0.3, -0.25) is 4.79 Å². The van der Waals surface area contributed by atoms with E-state index >= 15 is 0 Å². The molecule has 30 heavy (non-hydrogen) atoms. The van der Waals surface area contributed by atoms with E-state index in [1.807, 2.05) is 37.3 Å².